The van der Waals surface area contributed by atoms with E-state index in [9.17, 15) is 4.79 Å². The number of hydrogen-bond donors (Lipinski definition) is 2. The van der Waals surface area contributed by atoms with Crippen LogP contribution in [0.25, 0.3) is 0 Å². The summed E-state index contributed by atoms with van der Waals surface area (Å²) in [6.45, 7) is 0.453. The van der Waals surface area contributed by atoms with Gasteiger partial charge in [-0.05, 0) is 24.2 Å². The maximum atomic E-state index is 11.3. The van der Waals surface area contributed by atoms with Gasteiger partial charge in [-0.1, -0.05) is 0 Å². The number of hydrogen-bond acceptors (Lipinski definition) is 4. The summed E-state index contributed by atoms with van der Waals surface area (Å²) in [5.74, 6) is 0.327. The first-order valence-electron chi connectivity index (χ1n) is 3.79. The SMILES string of the molecule is O=C(NCCSO)c1cccnc1. The smallest absolute Gasteiger partial charge is 0.252 e. The third-order valence-electron chi connectivity index (χ3n) is 1.40. The fourth-order valence-corrected chi connectivity index (χ4v) is 1.00. The van der Waals surface area contributed by atoms with Crippen LogP contribution in [0.4, 0.5) is 0 Å². The predicted octanol–water partition coefficient (Wildman–Crippen LogP) is 1.02. The Balaban J connectivity index is 2.40. The molecule has 13 heavy (non-hydrogen) atoms. The minimum absolute atomic E-state index is 0.165. The molecule has 4 nitrogen and oxygen atoms in total. The Morgan fingerprint density at radius 3 is 3.15 bits per heavy atom. The van der Waals surface area contributed by atoms with Gasteiger partial charge in [-0.3, -0.25) is 9.78 Å². The Hall–Kier alpha value is -1.07. The van der Waals surface area contributed by atoms with E-state index in [-0.39, 0.29) is 5.91 Å². The highest BCUT2D eigenvalue weighted by Gasteiger charge is 2.02. The second-order valence-corrected chi connectivity index (χ2v) is 3.00. The molecule has 0 unspecified atom stereocenters. The molecular weight excluding hydrogens is 188 g/mol. The van der Waals surface area contributed by atoms with E-state index in [1.54, 1.807) is 18.3 Å². The van der Waals surface area contributed by atoms with Crippen molar-refractivity contribution in [2.24, 2.45) is 0 Å². The molecule has 2 N–H and O–H groups in total. The van der Waals surface area contributed by atoms with Gasteiger partial charge in [-0.15, -0.1) is 0 Å². The van der Waals surface area contributed by atoms with E-state index in [4.69, 9.17) is 4.55 Å². The number of nitrogens with zero attached hydrogens (tertiary/aromatic N) is 1. The number of amides is 1. The fourth-order valence-electron chi connectivity index (χ4n) is 0.809. The lowest BCUT2D eigenvalue weighted by Crippen LogP contribution is -2.25. The molecule has 0 spiro atoms. The second kappa shape index (κ2) is 5.55. The van der Waals surface area contributed by atoms with Crippen LogP contribution in [0.15, 0.2) is 24.5 Å². The number of carbonyl (C=O) groups excluding carboxylic acids is 1. The Labute approximate surface area is 80.6 Å². The molecule has 0 bridgehead atoms. The lowest BCUT2D eigenvalue weighted by Gasteiger charge is -2.01. The Morgan fingerprint density at radius 2 is 2.54 bits per heavy atom. The van der Waals surface area contributed by atoms with E-state index < -0.39 is 0 Å². The zero-order valence-electron chi connectivity index (χ0n) is 6.93. The van der Waals surface area contributed by atoms with Crippen molar-refractivity contribution in [3.63, 3.8) is 0 Å². The van der Waals surface area contributed by atoms with Crippen molar-refractivity contribution < 1.29 is 9.35 Å². The van der Waals surface area contributed by atoms with Crippen LogP contribution in [-0.4, -0.2) is 27.7 Å². The second-order valence-electron chi connectivity index (χ2n) is 2.33. The highest BCUT2D eigenvalue weighted by molar-refractivity contribution is 7.93. The maximum Gasteiger partial charge on any atom is 0.252 e. The van der Waals surface area contributed by atoms with E-state index in [0.717, 1.165) is 0 Å². The molecule has 0 aliphatic carbocycles. The van der Waals surface area contributed by atoms with Gasteiger partial charge in [0.1, 0.15) is 0 Å². The minimum Gasteiger partial charge on any atom is -0.351 e. The van der Waals surface area contributed by atoms with Crippen molar-refractivity contribution >= 4 is 17.9 Å². The van der Waals surface area contributed by atoms with E-state index in [1.807, 2.05) is 0 Å². The van der Waals surface area contributed by atoms with Crippen molar-refractivity contribution in [1.82, 2.24) is 10.3 Å². The number of aromatic nitrogens is 1. The quantitative estimate of drug-likeness (QED) is 0.560. The molecule has 0 aliphatic heterocycles. The van der Waals surface area contributed by atoms with E-state index in [2.05, 4.69) is 10.3 Å². The van der Waals surface area contributed by atoms with Gasteiger partial charge >= 0.3 is 0 Å². The van der Waals surface area contributed by atoms with Gasteiger partial charge in [0.05, 0.1) is 5.56 Å². The van der Waals surface area contributed by atoms with Crippen LogP contribution < -0.4 is 5.32 Å². The van der Waals surface area contributed by atoms with Gasteiger partial charge in [0.15, 0.2) is 0 Å². The fraction of sp³-hybridized carbons (Fsp3) is 0.250. The zero-order chi connectivity index (χ0) is 9.52. The van der Waals surface area contributed by atoms with Crippen LogP contribution in [0.5, 0.6) is 0 Å². The Kier molecular flexibility index (Phi) is 4.28. The van der Waals surface area contributed by atoms with Gasteiger partial charge in [0.25, 0.3) is 5.91 Å². The molecule has 0 saturated carbocycles. The van der Waals surface area contributed by atoms with E-state index in [1.165, 1.54) is 6.20 Å². The average Bonchev–Trinajstić information content (AvgIpc) is 2.19. The monoisotopic (exact) mass is 198 g/mol. The van der Waals surface area contributed by atoms with Gasteiger partial charge in [-0.2, -0.15) is 0 Å². The van der Waals surface area contributed by atoms with E-state index >= 15 is 0 Å². The molecule has 1 aromatic heterocycles. The number of carbonyl (C=O) groups is 1. The van der Waals surface area contributed by atoms with Gasteiger partial charge in [0, 0.05) is 24.7 Å². The topological polar surface area (TPSA) is 62.2 Å². The first-order valence-corrected chi connectivity index (χ1v) is 4.73. The third kappa shape index (κ3) is 3.43. The van der Waals surface area contributed by atoms with Crippen molar-refractivity contribution in [2.45, 2.75) is 0 Å². The van der Waals surface area contributed by atoms with Gasteiger partial charge in [0.2, 0.25) is 0 Å². The average molecular weight is 198 g/mol. The van der Waals surface area contributed by atoms with Crippen LogP contribution >= 0.6 is 12.0 Å². The molecule has 0 atom stereocenters. The molecule has 0 aromatic carbocycles. The third-order valence-corrected chi connectivity index (χ3v) is 1.79. The molecule has 1 heterocycles. The van der Waals surface area contributed by atoms with Crippen molar-refractivity contribution in [3.8, 4) is 0 Å². The van der Waals surface area contributed by atoms with Crippen LogP contribution in [-0.2, 0) is 0 Å². The zero-order valence-corrected chi connectivity index (χ0v) is 7.75. The summed E-state index contributed by atoms with van der Waals surface area (Å²) >= 11 is 0.708. The van der Waals surface area contributed by atoms with Crippen LogP contribution in [0.1, 0.15) is 10.4 Å². The Morgan fingerprint density at radius 1 is 1.69 bits per heavy atom. The highest BCUT2D eigenvalue weighted by Crippen LogP contribution is 1.95. The molecule has 1 amide bonds. The largest absolute Gasteiger partial charge is 0.351 e. The molecule has 1 aromatic rings. The van der Waals surface area contributed by atoms with Crippen LogP contribution in [0, 0.1) is 0 Å². The van der Waals surface area contributed by atoms with Crippen molar-refractivity contribution in [1.29, 1.82) is 0 Å². The summed E-state index contributed by atoms with van der Waals surface area (Å²) in [5.41, 5.74) is 0.533. The first kappa shape index (κ1) is 10.0. The molecule has 1 rings (SSSR count). The number of rotatable bonds is 4. The molecular formula is C8H10N2O2S. The van der Waals surface area contributed by atoms with E-state index in [0.29, 0.717) is 29.9 Å². The standard InChI is InChI=1S/C8H10N2O2S/c11-8(10-4-5-13-12)7-2-1-3-9-6-7/h1-3,6,12H,4-5H2,(H,10,11). The molecule has 0 aliphatic rings. The van der Waals surface area contributed by atoms with Gasteiger partial charge in [-0.25, -0.2) is 0 Å². The number of pyridine rings is 1. The Bertz CT molecular complexity index is 266. The predicted molar refractivity (Wildman–Crippen MR) is 51.7 cm³/mol. The first-order chi connectivity index (χ1) is 6.34. The van der Waals surface area contributed by atoms with Gasteiger partial charge < -0.3 is 9.87 Å². The maximum absolute atomic E-state index is 11.3. The summed E-state index contributed by atoms with van der Waals surface area (Å²) in [4.78, 5) is 15.1. The lowest BCUT2D eigenvalue weighted by atomic mass is 10.3. The number of nitrogens with one attached hydrogen (secondary N) is 1. The normalized spacial score (nSPS) is 9.62. The van der Waals surface area contributed by atoms with Crippen molar-refractivity contribution in [3.05, 3.63) is 30.1 Å². The molecule has 0 fully saturated rings. The minimum atomic E-state index is -0.165. The summed E-state index contributed by atoms with van der Waals surface area (Å²) in [7, 11) is 0. The molecule has 70 valence electrons. The molecule has 5 heteroatoms. The lowest BCUT2D eigenvalue weighted by molar-refractivity contribution is 0.0956. The highest BCUT2D eigenvalue weighted by atomic mass is 32.2. The summed E-state index contributed by atoms with van der Waals surface area (Å²) in [5, 5.41) is 2.64. The molecule has 0 radical (unpaired) electrons. The van der Waals surface area contributed by atoms with Crippen LogP contribution in [0.2, 0.25) is 0 Å². The van der Waals surface area contributed by atoms with Crippen LogP contribution in [0.3, 0.4) is 0 Å². The summed E-state index contributed by atoms with van der Waals surface area (Å²) < 4.78 is 8.40. The summed E-state index contributed by atoms with van der Waals surface area (Å²) in [6.07, 6.45) is 3.11. The summed E-state index contributed by atoms with van der Waals surface area (Å²) in [6, 6.07) is 3.39. The van der Waals surface area contributed by atoms with Crippen molar-refractivity contribution in [2.75, 3.05) is 12.3 Å². The molecule has 0 saturated heterocycles.